The predicted octanol–water partition coefficient (Wildman–Crippen LogP) is 3.60. The summed E-state index contributed by atoms with van der Waals surface area (Å²) in [6, 6.07) is 8.97. The Kier molecular flexibility index (Phi) is 3.65. The van der Waals surface area contributed by atoms with E-state index in [0.29, 0.717) is 23.1 Å². The predicted molar refractivity (Wildman–Crippen MR) is 75.6 cm³/mol. The zero-order valence-electron chi connectivity index (χ0n) is 11.1. The zero-order chi connectivity index (χ0) is 14.0. The SMILES string of the molecule is CCc1ccc(-c2c(O)c(O)cc(CC)c2O)cc1. The Bertz CT molecular complexity index is 586. The summed E-state index contributed by atoms with van der Waals surface area (Å²) in [4.78, 5) is 0. The van der Waals surface area contributed by atoms with Crippen LogP contribution in [0, 0.1) is 0 Å². The van der Waals surface area contributed by atoms with Gasteiger partial charge >= 0.3 is 0 Å². The molecule has 0 radical (unpaired) electrons. The van der Waals surface area contributed by atoms with Gasteiger partial charge in [0.15, 0.2) is 11.5 Å². The van der Waals surface area contributed by atoms with Crippen molar-refractivity contribution in [2.45, 2.75) is 26.7 Å². The first-order valence-electron chi connectivity index (χ1n) is 6.44. The number of hydrogen-bond donors (Lipinski definition) is 3. The molecule has 19 heavy (non-hydrogen) atoms. The average Bonchev–Trinajstić information content (AvgIpc) is 2.44. The van der Waals surface area contributed by atoms with Crippen molar-refractivity contribution in [3.8, 4) is 28.4 Å². The van der Waals surface area contributed by atoms with E-state index >= 15 is 0 Å². The van der Waals surface area contributed by atoms with Crippen LogP contribution in [0.5, 0.6) is 17.2 Å². The second-order valence-electron chi connectivity index (χ2n) is 4.53. The number of aromatic hydroxyl groups is 3. The molecule has 0 saturated carbocycles. The molecule has 0 unspecified atom stereocenters. The van der Waals surface area contributed by atoms with Crippen LogP contribution in [0.1, 0.15) is 25.0 Å². The van der Waals surface area contributed by atoms with Gasteiger partial charge in [-0.25, -0.2) is 0 Å². The molecular weight excluding hydrogens is 240 g/mol. The molecule has 0 amide bonds. The fourth-order valence-electron chi connectivity index (χ4n) is 2.15. The Labute approximate surface area is 112 Å². The fraction of sp³-hybridized carbons (Fsp3) is 0.250. The molecule has 0 bridgehead atoms. The van der Waals surface area contributed by atoms with Crippen molar-refractivity contribution in [1.82, 2.24) is 0 Å². The van der Waals surface area contributed by atoms with E-state index in [0.717, 1.165) is 6.42 Å². The Hall–Kier alpha value is -2.16. The summed E-state index contributed by atoms with van der Waals surface area (Å²) >= 11 is 0. The van der Waals surface area contributed by atoms with E-state index in [1.807, 2.05) is 31.2 Å². The fourth-order valence-corrected chi connectivity index (χ4v) is 2.15. The van der Waals surface area contributed by atoms with Gasteiger partial charge in [0.2, 0.25) is 0 Å². The van der Waals surface area contributed by atoms with Crippen LogP contribution in [-0.4, -0.2) is 15.3 Å². The molecule has 0 aliphatic heterocycles. The van der Waals surface area contributed by atoms with Crippen molar-refractivity contribution in [3.05, 3.63) is 41.5 Å². The van der Waals surface area contributed by atoms with Crippen molar-refractivity contribution >= 4 is 0 Å². The van der Waals surface area contributed by atoms with Gasteiger partial charge in [0, 0.05) is 0 Å². The number of aryl methyl sites for hydroxylation is 2. The monoisotopic (exact) mass is 258 g/mol. The molecule has 100 valence electrons. The largest absolute Gasteiger partial charge is 0.507 e. The van der Waals surface area contributed by atoms with E-state index in [1.165, 1.54) is 11.6 Å². The van der Waals surface area contributed by atoms with Gasteiger partial charge in [0.05, 0.1) is 5.56 Å². The molecule has 0 saturated heterocycles. The first kappa shape index (κ1) is 13.3. The minimum atomic E-state index is -0.279. The second-order valence-corrected chi connectivity index (χ2v) is 4.53. The van der Waals surface area contributed by atoms with Crippen LogP contribution < -0.4 is 0 Å². The van der Waals surface area contributed by atoms with Crippen LogP contribution in [0.15, 0.2) is 30.3 Å². The van der Waals surface area contributed by atoms with Crippen LogP contribution in [0.3, 0.4) is 0 Å². The smallest absolute Gasteiger partial charge is 0.169 e. The number of hydrogen-bond acceptors (Lipinski definition) is 3. The Morgan fingerprint density at radius 2 is 1.47 bits per heavy atom. The molecule has 0 fully saturated rings. The lowest BCUT2D eigenvalue weighted by Gasteiger charge is -2.13. The summed E-state index contributed by atoms with van der Waals surface area (Å²) < 4.78 is 0. The summed E-state index contributed by atoms with van der Waals surface area (Å²) in [7, 11) is 0. The Morgan fingerprint density at radius 3 is 2.00 bits per heavy atom. The average molecular weight is 258 g/mol. The third kappa shape index (κ3) is 2.36. The molecule has 3 nitrogen and oxygen atoms in total. The number of phenols is 3. The van der Waals surface area contributed by atoms with Crippen LogP contribution in [-0.2, 0) is 12.8 Å². The summed E-state index contributed by atoms with van der Waals surface area (Å²) in [6.45, 7) is 3.95. The molecular formula is C16H18O3. The molecule has 0 aliphatic carbocycles. The van der Waals surface area contributed by atoms with Gasteiger partial charge in [-0.3, -0.25) is 0 Å². The first-order valence-corrected chi connectivity index (χ1v) is 6.44. The maximum absolute atomic E-state index is 10.2. The summed E-state index contributed by atoms with van der Waals surface area (Å²) in [5.41, 5.74) is 2.78. The van der Waals surface area contributed by atoms with E-state index in [9.17, 15) is 15.3 Å². The van der Waals surface area contributed by atoms with Crippen molar-refractivity contribution in [1.29, 1.82) is 0 Å². The lowest BCUT2D eigenvalue weighted by molar-refractivity contribution is 0.397. The molecule has 0 atom stereocenters. The highest BCUT2D eigenvalue weighted by molar-refractivity contribution is 5.80. The van der Waals surface area contributed by atoms with E-state index in [4.69, 9.17) is 0 Å². The molecule has 0 spiro atoms. The maximum atomic E-state index is 10.2. The highest BCUT2D eigenvalue weighted by Gasteiger charge is 2.17. The summed E-state index contributed by atoms with van der Waals surface area (Å²) in [5.74, 6) is -0.454. The van der Waals surface area contributed by atoms with Crippen LogP contribution in [0.2, 0.25) is 0 Å². The molecule has 0 aliphatic rings. The second kappa shape index (κ2) is 5.22. The third-order valence-electron chi connectivity index (χ3n) is 3.36. The van der Waals surface area contributed by atoms with Crippen molar-refractivity contribution in [3.63, 3.8) is 0 Å². The van der Waals surface area contributed by atoms with Gasteiger partial charge in [-0.15, -0.1) is 0 Å². The first-order chi connectivity index (χ1) is 9.08. The van der Waals surface area contributed by atoms with Gasteiger partial charge in [0.25, 0.3) is 0 Å². The normalized spacial score (nSPS) is 10.6. The van der Waals surface area contributed by atoms with E-state index in [-0.39, 0.29) is 17.2 Å². The molecule has 3 heteroatoms. The highest BCUT2D eigenvalue weighted by Crippen LogP contribution is 2.45. The van der Waals surface area contributed by atoms with Crippen LogP contribution in [0.4, 0.5) is 0 Å². The van der Waals surface area contributed by atoms with Crippen LogP contribution >= 0.6 is 0 Å². The van der Waals surface area contributed by atoms with Crippen molar-refractivity contribution in [2.24, 2.45) is 0 Å². The van der Waals surface area contributed by atoms with Gasteiger partial charge < -0.3 is 15.3 Å². The molecule has 0 aromatic heterocycles. The third-order valence-corrected chi connectivity index (χ3v) is 3.36. The standard InChI is InChI=1S/C16H18O3/c1-3-10-5-7-12(8-6-10)14-15(18)11(4-2)9-13(17)16(14)19/h5-9,17-19H,3-4H2,1-2H3. The number of benzene rings is 2. The molecule has 0 heterocycles. The minimum absolute atomic E-state index is 0.0297. The van der Waals surface area contributed by atoms with Gasteiger partial charge in [0.1, 0.15) is 5.75 Å². The van der Waals surface area contributed by atoms with Crippen LogP contribution in [0.25, 0.3) is 11.1 Å². The van der Waals surface area contributed by atoms with Crippen molar-refractivity contribution in [2.75, 3.05) is 0 Å². The topological polar surface area (TPSA) is 60.7 Å². The molecule has 2 aromatic carbocycles. The number of rotatable bonds is 3. The van der Waals surface area contributed by atoms with Gasteiger partial charge in [-0.05, 0) is 35.6 Å². The summed E-state index contributed by atoms with van der Waals surface area (Å²) in [6.07, 6.45) is 1.51. The number of phenolic OH excluding ortho intramolecular Hbond substituents is 3. The zero-order valence-corrected chi connectivity index (χ0v) is 11.1. The van der Waals surface area contributed by atoms with Gasteiger partial charge in [-0.1, -0.05) is 38.1 Å². The molecule has 2 aromatic rings. The Morgan fingerprint density at radius 1 is 0.842 bits per heavy atom. The lowest BCUT2D eigenvalue weighted by Crippen LogP contribution is -1.89. The maximum Gasteiger partial charge on any atom is 0.169 e. The molecule has 3 N–H and O–H groups in total. The van der Waals surface area contributed by atoms with E-state index in [2.05, 4.69) is 6.92 Å². The van der Waals surface area contributed by atoms with Gasteiger partial charge in [-0.2, -0.15) is 0 Å². The minimum Gasteiger partial charge on any atom is -0.507 e. The summed E-state index contributed by atoms with van der Waals surface area (Å²) in [5, 5.41) is 29.9. The Balaban J connectivity index is 2.62. The van der Waals surface area contributed by atoms with E-state index in [1.54, 1.807) is 0 Å². The van der Waals surface area contributed by atoms with Crippen molar-refractivity contribution < 1.29 is 15.3 Å². The van der Waals surface area contributed by atoms with E-state index < -0.39 is 0 Å². The highest BCUT2D eigenvalue weighted by atomic mass is 16.3. The molecule has 2 rings (SSSR count). The quantitative estimate of drug-likeness (QED) is 0.582. The lowest BCUT2D eigenvalue weighted by atomic mass is 9.97.